The third-order valence-corrected chi connectivity index (χ3v) is 9.82. The predicted molar refractivity (Wildman–Crippen MR) is 144 cm³/mol. The van der Waals surface area contributed by atoms with E-state index in [0.717, 1.165) is 36.1 Å². The first kappa shape index (κ1) is 23.6. The van der Waals surface area contributed by atoms with Crippen LogP contribution in [0.15, 0.2) is 64.1 Å². The van der Waals surface area contributed by atoms with Gasteiger partial charge in [0.05, 0.1) is 6.26 Å². The molecule has 5 atom stereocenters. The molecule has 0 unspecified atom stereocenters. The number of hydrogen-bond donors (Lipinski definition) is 1. The minimum Gasteiger partial charge on any atom is -0.493 e. The van der Waals surface area contributed by atoms with Gasteiger partial charge in [0.2, 0.25) is 0 Å². The fourth-order valence-electron chi connectivity index (χ4n) is 7.03. The number of fused-ring (bicyclic) bond motifs is 4. The van der Waals surface area contributed by atoms with E-state index >= 15 is 0 Å². The highest BCUT2D eigenvalue weighted by Gasteiger charge is 2.63. The average molecular weight is 500 g/mol. The van der Waals surface area contributed by atoms with Gasteiger partial charge in [-0.15, -0.1) is 0 Å². The topological polar surface area (TPSA) is 49.8 Å². The molecule has 0 radical (unpaired) electrons. The third-order valence-electron chi connectivity index (χ3n) is 9.14. The van der Waals surface area contributed by atoms with Crippen LogP contribution in [0.2, 0.25) is 0 Å². The van der Waals surface area contributed by atoms with Crippen molar-refractivity contribution in [2.75, 3.05) is 19.0 Å². The first-order valence-electron chi connectivity index (χ1n) is 12.9. The Bertz CT molecular complexity index is 1310. The van der Waals surface area contributed by atoms with E-state index in [1.165, 1.54) is 16.7 Å². The monoisotopic (exact) mass is 499 g/mol. The second-order valence-electron chi connectivity index (χ2n) is 11.3. The van der Waals surface area contributed by atoms with E-state index in [2.05, 4.69) is 62.0 Å². The number of thiophene rings is 1. The Morgan fingerprint density at radius 1 is 1.17 bits per heavy atom. The molecule has 3 fully saturated rings. The molecule has 1 aliphatic heterocycles. The standard InChI is InChI=1S/C31H33NO3S/c1-30-17-26(21-4-6-23(7-5-21)32(2)3)28-25-9-8-24(33)16-22(25)18-35-29(28)27(30)11-14-31(30,34)13-10-20-12-15-36-19-20/h4-7,12,15,18-19,26-27,29,34H,8-9,11,14,16-17H2,1-3H3/t26-,27+,29+,30+,31+/m1/s1. The van der Waals surface area contributed by atoms with Gasteiger partial charge in [0.1, 0.15) is 17.5 Å². The molecule has 6 rings (SSSR count). The molecule has 4 aliphatic rings. The number of anilines is 1. The zero-order chi connectivity index (χ0) is 25.1. The summed E-state index contributed by atoms with van der Waals surface area (Å²) in [6.07, 6.45) is 5.96. The first-order valence-corrected chi connectivity index (χ1v) is 13.9. The quantitative estimate of drug-likeness (QED) is 0.528. The van der Waals surface area contributed by atoms with Crippen LogP contribution in [0.3, 0.4) is 0 Å². The molecular weight excluding hydrogens is 466 g/mol. The molecule has 1 aromatic heterocycles. The van der Waals surface area contributed by atoms with Gasteiger partial charge in [-0.1, -0.05) is 30.9 Å². The number of nitrogens with zero attached hydrogens (tertiary/aromatic N) is 1. The van der Waals surface area contributed by atoms with Gasteiger partial charge in [0.25, 0.3) is 0 Å². The van der Waals surface area contributed by atoms with Crippen molar-refractivity contribution in [3.05, 3.63) is 75.2 Å². The molecule has 0 saturated heterocycles. The number of aliphatic hydroxyl groups is 1. The number of hydrogen-bond acceptors (Lipinski definition) is 5. The van der Waals surface area contributed by atoms with Gasteiger partial charge < -0.3 is 14.7 Å². The van der Waals surface area contributed by atoms with E-state index in [1.54, 1.807) is 11.3 Å². The number of carbonyl (C=O) groups excluding carboxylic acids is 1. The van der Waals surface area contributed by atoms with Gasteiger partial charge in [0.15, 0.2) is 0 Å². The van der Waals surface area contributed by atoms with E-state index in [0.29, 0.717) is 25.0 Å². The van der Waals surface area contributed by atoms with Crippen molar-refractivity contribution in [2.24, 2.45) is 11.3 Å². The molecule has 2 aromatic rings. The third kappa shape index (κ3) is 3.66. The lowest BCUT2D eigenvalue weighted by Crippen LogP contribution is -2.53. The van der Waals surface area contributed by atoms with E-state index < -0.39 is 11.0 Å². The Balaban J connectivity index is 1.46. The van der Waals surface area contributed by atoms with Crippen LogP contribution in [-0.4, -0.2) is 36.7 Å². The number of ketones is 1. The molecular formula is C31H33NO3S. The van der Waals surface area contributed by atoms with Crippen LogP contribution in [0, 0.1) is 23.2 Å². The number of ether oxygens (including phenoxy) is 1. The number of rotatable bonds is 2. The Labute approximate surface area is 217 Å². The van der Waals surface area contributed by atoms with Gasteiger partial charge in [-0.05, 0) is 71.5 Å². The maximum Gasteiger partial charge on any atom is 0.137 e. The fourth-order valence-corrected chi connectivity index (χ4v) is 7.62. The molecule has 1 aromatic carbocycles. The zero-order valence-electron chi connectivity index (χ0n) is 21.2. The first-order chi connectivity index (χ1) is 17.3. The summed E-state index contributed by atoms with van der Waals surface area (Å²) in [4.78, 5) is 14.4. The lowest BCUT2D eigenvalue weighted by Gasteiger charge is -2.52. The Hall–Kier alpha value is -2.81. The van der Waals surface area contributed by atoms with Crippen molar-refractivity contribution in [3.8, 4) is 11.8 Å². The summed E-state index contributed by atoms with van der Waals surface area (Å²) in [6.45, 7) is 2.22. The molecule has 0 amide bonds. The predicted octanol–water partition coefficient (Wildman–Crippen LogP) is 5.83. The average Bonchev–Trinajstić information content (AvgIpc) is 3.48. The van der Waals surface area contributed by atoms with Crippen molar-refractivity contribution in [1.82, 2.24) is 0 Å². The van der Waals surface area contributed by atoms with Crippen molar-refractivity contribution in [3.63, 3.8) is 0 Å². The van der Waals surface area contributed by atoms with Gasteiger partial charge in [-0.25, -0.2) is 0 Å². The van der Waals surface area contributed by atoms with Crippen molar-refractivity contribution >= 4 is 22.8 Å². The van der Waals surface area contributed by atoms with Gasteiger partial charge in [-0.3, -0.25) is 4.79 Å². The summed E-state index contributed by atoms with van der Waals surface area (Å²) in [5.41, 5.74) is 5.61. The second-order valence-corrected chi connectivity index (χ2v) is 12.1. The summed E-state index contributed by atoms with van der Waals surface area (Å²) in [5, 5.41) is 16.1. The highest BCUT2D eigenvalue weighted by molar-refractivity contribution is 7.08. The minimum atomic E-state index is -1.08. The molecule has 1 N–H and O–H groups in total. The van der Waals surface area contributed by atoms with Crippen molar-refractivity contribution in [1.29, 1.82) is 0 Å². The minimum absolute atomic E-state index is 0.0915. The molecule has 3 saturated carbocycles. The second kappa shape index (κ2) is 8.64. The van der Waals surface area contributed by atoms with Gasteiger partial charge >= 0.3 is 0 Å². The van der Waals surface area contributed by atoms with E-state index in [9.17, 15) is 9.90 Å². The Morgan fingerprint density at radius 2 is 1.97 bits per heavy atom. The summed E-state index contributed by atoms with van der Waals surface area (Å²) < 4.78 is 6.50. The maximum atomic E-state index is 12.2. The maximum absolute atomic E-state index is 12.2. The number of Topliss-reactive ketones (excluding diaryl/α,β-unsaturated/α-hetero) is 1. The summed E-state index contributed by atoms with van der Waals surface area (Å²) in [7, 11) is 4.11. The highest BCUT2D eigenvalue weighted by atomic mass is 32.1. The van der Waals surface area contributed by atoms with Gasteiger partial charge in [-0.2, -0.15) is 11.3 Å². The Morgan fingerprint density at radius 3 is 2.69 bits per heavy atom. The molecule has 0 spiro atoms. The van der Waals surface area contributed by atoms with Crippen LogP contribution in [0.5, 0.6) is 0 Å². The molecule has 5 heteroatoms. The Kier molecular flexibility index (Phi) is 5.66. The van der Waals surface area contributed by atoms with E-state index in [4.69, 9.17) is 4.74 Å². The van der Waals surface area contributed by atoms with E-state index in [-0.39, 0.29) is 17.9 Å². The molecule has 3 aliphatic carbocycles. The van der Waals surface area contributed by atoms with Crippen LogP contribution in [0.25, 0.3) is 0 Å². The summed E-state index contributed by atoms with van der Waals surface area (Å²) in [6, 6.07) is 10.8. The summed E-state index contributed by atoms with van der Waals surface area (Å²) in [5.74, 6) is 7.18. The zero-order valence-corrected chi connectivity index (χ0v) is 22.0. The largest absolute Gasteiger partial charge is 0.493 e. The summed E-state index contributed by atoms with van der Waals surface area (Å²) >= 11 is 1.63. The normalized spacial score (nSPS) is 32.9. The fraction of sp³-hybridized carbons (Fsp3) is 0.452. The number of allylic oxidation sites excluding steroid dienone is 2. The smallest absolute Gasteiger partial charge is 0.137 e. The lowest BCUT2D eigenvalue weighted by atomic mass is 9.55. The number of carbonyl (C=O) groups is 1. The van der Waals surface area contributed by atoms with Crippen LogP contribution in [0.1, 0.15) is 62.5 Å². The number of benzene rings is 1. The molecule has 4 nitrogen and oxygen atoms in total. The van der Waals surface area contributed by atoms with Crippen LogP contribution < -0.4 is 4.90 Å². The van der Waals surface area contributed by atoms with Crippen LogP contribution in [-0.2, 0) is 9.53 Å². The molecule has 186 valence electrons. The molecule has 36 heavy (non-hydrogen) atoms. The highest BCUT2D eigenvalue weighted by Crippen LogP contribution is 2.64. The van der Waals surface area contributed by atoms with Crippen LogP contribution in [0.4, 0.5) is 5.69 Å². The van der Waals surface area contributed by atoms with Crippen LogP contribution >= 0.6 is 11.3 Å². The van der Waals surface area contributed by atoms with E-state index in [1.807, 2.05) is 23.1 Å². The van der Waals surface area contributed by atoms with Gasteiger partial charge in [0, 0.05) is 60.8 Å². The molecule has 2 heterocycles. The van der Waals surface area contributed by atoms with Crippen molar-refractivity contribution < 1.29 is 14.6 Å². The molecule has 0 bridgehead atoms. The lowest BCUT2D eigenvalue weighted by molar-refractivity contribution is -0.119. The SMILES string of the molecule is CN(C)c1ccc([C@H]2C[C@@]3(C)[C@@H](CC[C@@]3(O)C#Cc3ccsc3)[C@@H]3OC=C4CC(=O)CCC4=C32)cc1. The van der Waals surface area contributed by atoms with Crippen molar-refractivity contribution in [2.45, 2.75) is 63.1 Å².